The molecule has 2 rings (SSSR count). The van der Waals surface area contributed by atoms with E-state index in [0.29, 0.717) is 12.2 Å². The van der Waals surface area contributed by atoms with Crippen LogP contribution < -0.4 is 11.1 Å². The number of aryl methyl sites for hydroxylation is 1. The summed E-state index contributed by atoms with van der Waals surface area (Å²) in [6.07, 6.45) is 4.00. The zero-order valence-electron chi connectivity index (χ0n) is 10.1. The maximum absolute atomic E-state index is 11.8. The third-order valence-electron chi connectivity index (χ3n) is 2.68. The van der Waals surface area contributed by atoms with Crippen molar-refractivity contribution in [1.82, 2.24) is 20.5 Å². The molecule has 4 N–H and O–H groups in total. The molecule has 0 aliphatic rings. The van der Waals surface area contributed by atoms with Crippen LogP contribution in [-0.4, -0.2) is 21.1 Å². The summed E-state index contributed by atoms with van der Waals surface area (Å²) >= 11 is 0. The molecular weight excluding hydrogens is 230 g/mol. The van der Waals surface area contributed by atoms with Crippen molar-refractivity contribution in [3.8, 4) is 0 Å². The quantitative estimate of drug-likeness (QED) is 0.744. The number of hydrogen-bond donors (Lipinski definition) is 3. The van der Waals surface area contributed by atoms with Crippen LogP contribution in [0.15, 0.2) is 24.5 Å². The highest BCUT2D eigenvalue weighted by Gasteiger charge is 2.12. The number of anilines is 1. The van der Waals surface area contributed by atoms with Gasteiger partial charge in [-0.25, -0.2) is 0 Å². The number of rotatable bonds is 4. The number of H-pyrrole nitrogens is 1. The second kappa shape index (κ2) is 5.31. The number of carbonyl (C=O) groups excluding carboxylic acids is 1. The SMILES string of the molecule is CCc1cccnc1CNC(=O)c1[nH]ncc1N. The summed E-state index contributed by atoms with van der Waals surface area (Å²) in [6.45, 7) is 2.43. The molecule has 0 fully saturated rings. The van der Waals surface area contributed by atoms with Gasteiger partial charge in [0.2, 0.25) is 0 Å². The van der Waals surface area contributed by atoms with Gasteiger partial charge in [-0.05, 0) is 18.1 Å². The summed E-state index contributed by atoms with van der Waals surface area (Å²) in [7, 11) is 0. The van der Waals surface area contributed by atoms with Crippen molar-refractivity contribution in [1.29, 1.82) is 0 Å². The lowest BCUT2D eigenvalue weighted by atomic mass is 10.1. The van der Waals surface area contributed by atoms with Gasteiger partial charge < -0.3 is 11.1 Å². The van der Waals surface area contributed by atoms with Crippen molar-refractivity contribution in [2.45, 2.75) is 19.9 Å². The molecule has 6 heteroatoms. The first kappa shape index (κ1) is 12.1. The summed E-state index contributed by atoms with van der Waals surface area (Å²) in [6, 6.07) is 3.89. The molecule has 0 unspecified atom stereocenters. The summed E-state index contributed by atoms with van der Waals surface area (Å²) in [5.74, 6) is -0.280. The molecule has 0 atom stereocenters. The molecule has 18 heavy (non-hydrogen) atoms. The zero-order valence-corrected chi connectivity index (χ0v) is 10.1. The number of nitrogens with one attached hydrogen (secondary N) is 2. The van der Waals surface area contributed by atoms with Crippen LogP contribution in [0.25, 0.3) is 0 Å². The van der Waals surface area contributed by atoms with E-state index < -0.39 is 0 Å². The fourth-order valence-corrected chi connectivity index (χ4v) is 1.68. The molecule has 94 valence electrons. The Morgan fingerprint density at radius 3 is 3.06 bits per heavy atom. The molecule has 0 aromatic carbocycles. The molecular formula is C12H15N5O. The molecule has 2 aromatic rings. The van der Waals surface area contributed by atoms with Crippen LogP contribution in [0.2, 0.25) is 0 Å². The predicted octanol–water partition coefficient (Wildman–Crippen LogP) is 0.879. The Balaban J connectivity index is 2.04. The van der Waals surface area contributed by atoms with Gasteiger partial charge in [0.15, 0.2) is 0 Å². The second-order valence-corrected chi connectivity index (χ2v) is 3.85. The first-order chi connectivity index (χ1) is 8.72. The van der Waals surface area contributed by atoms with Crippen LogP contribution >= 0.6 is 0 Å². The van der Waals surface area contributed by atoms with E-state index in [-0.39, 0.29) is 11.6 Å². The second-order valence-electron chi connectivity index (χ2n) is 3.85. The highest BCUT2D eigenvalue weighted by molar-refractivity contribution is 5.96. The van der Waals surface area contributed by atoms with Gasteiger partial charge in [0, 0.05) is 6.20 Å². The van der Waals surface area contributed by atoms with Gasteiger partial charge >= 0.3 is 0 Å². The minimum Gasteiger partial charge on any atom is -0.396 e. The van der Waals surface area contributed by atoms with E-state index in [1.807, 2.05) is 12.1 Å². The molecule has 2 aromatic heterocycles. The minimum atomic E-state index is -0.280. The maximum Gasteiger partial charge on any atom is 0.271 e. The van der Waals surface area contributed by atoms with E-state index in [1.54, 1.807) is 6.20 Å². The van der Waals surface area contributed by atoms with Crippen molar-refractivity contribution in [2.24, 2.45) is 0 Å². The molecule has 2 heterocycles. The first-order valence-electron chi connectivity index (χ1n) is 5.72. The number of aromatic amines is 1. The average molecular weight is 245 g/mol. The number of nitrogens with two attached hydrogens (primary N) is 1. The van der Waals surface area contributed by atoms with Gasteiger partial charge in [0.1, 0.15) is 5.69 Å². The molecule has 0 aliphatic carbocycles. The highest BCUT2D eigenvalue weighted by Crippen LogP contribution is 2.08. The smallest absolute Gasteiger partial charge is 0.271 e. The summed E-state index contributed by atoms with van der Waals surface area (Å²) in [5, 5.41) is 9.03. The van der Waals surface area contributed by atoms with E-state index in [9.17, 15) is 4.79 Å². The van der Waals surface area contributed by atoms with E-state index in [4.69, 9.17) is 5.73 Å². The summed E-state index contributed by atoms with van der Waals surface area (Å²) < 4.78 is 0. The number of aromatic nitrogens is 3. The zero-order chi connectivity index (χ0) is 13.0. The molecule has 0 spiro atoms. The molecule has 0 aliphatic heterocycles. The molecule has 0 saturated heterocycles. The number of amides is 1. The largest absolute Gasteiger partial charge is 0.396 e. The van der Waals surface area contributed by atoms with Crippen molar-refractivity contribution < 1.29 is 4.79 Å². The van der Waals surface area contributed by atoms with E-state index in [0.717, 1.165) is 17.7 Å². The van der Waals surface area contributed by atoms with Crippen LogP contribution in [0, 0.1) is 0 Å². The third kappa shape index (κ3) is 2.48. The van der Waals surface area contributed by atoms with Crippen molar-refractivity contribution in [3.63, 3.8) is 0 Å². The Labute approximate surface area is 105 Å². The molecule has 1 amide bonds. The lowest BCUT2D eigenvalue weighted by molar-refractivity contribution is 0.0946. The number of carbonyl (C=O) groups is 1. The Hall–Kier alpha value is -2.37. The van der Waals surface area contributed by atoms with Crippen LogP contribution in [0.4, 0.5) is 5.69 Å². The van der Waals surface area contributed by atoms with Gasteiger partial charge in [-0.2, -0.15) is 5.10 Å². The lowest BCUT2D eigenvalue weighted by Gasteiger charge is -2.07. The van der Waals surface area contributed by atoms with Crippen LogP contribution in [0.1, 0.15) is 28.7 Å². The van der Waals surface area contributed by atoms with Crippen LogP contribution in [0.5, 0.6) is 0 Å². The number of nitrogens with zero attached hydrogens (tertiary/aromatic N) is 2. The van der Waals surface area contributed by atoms with Gasteiger partial charge in [0.25, 0.3) is 5.91 Å². The van der Waals surface area contributed by atoms with Crippen molar-refractivity contribution in [3.05, 3.63) is 41.5 Å². The first-order valence-corrected chi connectivity index (χ1v) is 5.72. The average Bonchev–Trinajstić information content (AvgIpc) is 2.82. The van der Waals surface area contributed by atoms with Crippen molar-refractivity contribution >= 4 is 11.6 Å². The summed E-state index contributed by atoms with van der Waals surface area (Å²) in [5.41, 5.74) is 8.20. The van der Waals surface area contributed by atoms with E-state index >= 15 is 0 Å². The third-order valence-corrected chi connectivity index (χ3v) is 2.68. The monoisotopic (exact) mass is 245 g/mol. The summed E-state index contributed by atoms with van der Waals surface area (Å²) in [4.78, 5) is 16.1. The van der Waals surface area contributed by atoms with Crippen molar-refractivity contribution in [2.75, 3.05) is 5.73 Å². The fraction of sp³-hybridized carbons (Fsp3) is 0.250. The molecule has 6 nitrogen and oxygen atoms in total. The van der Waals surface area contributed by atoms with Gasteiger partial charge in [0.05, 0.1) is 24.1 Å². The Kier molecular flexibility index (Phi) is 3.57. The fourth-order valence-electron chi connectivity index (χ4n) is 1.68. The highest BCUT2D eigenvalue weighted by atomic mass is 16.1. The Bertz CT molecular complexity index is 549. The number of hydrogen-bond acceptors (Lipinski definition) is 4. The molecule has 0 radical (unpaired) electrons. The topological polar surface area (TPSA) is 96.7 Å². The number of pyridine rings is 1. The maximum atomic E-state index is 11.8. The lowest BCUT2D eigenvalue weighted by Crippen LogP contribution is -2.25. The van der Waals surface area contributed by atoms with Gasteiger partial charge in [-0.1, -0.05) is 13.0 Å². The Morgan fingerprint density at radius 1 is 1.56 bits per heavy atom. The normalized spacial score (nSPS) is 10.3. The van der Waals surface area contributed by atoms with E-state index in [1.165, 1.54) is 6.20 Å². The standard InChI is InChI=1S/C12H15N5O/c1-2-8-4-3-5-14-10(8)7-15-12(18)11-9(13)6-16-17-11/h3-6H,2,7,13H2,1H3,(H,15,18)(H,16,17). The predicted molar refractivity (Wildman–Crippen MR) is 67.8 cm³/mol. The van der Waals surface area contributed by atoms with Crippen LogP contribution in [-0.2, 0) is 13.0 Å². The van der Waals surface area contributed by atoms with Gasteiger partial charge in [-0.15, -0.1) is 0 Å². The number of nitrogen functional groups attached to an aromatic ring is 1. The molecule has 0 bridgehead atoms. The van der Waals surface area contributed by atoms with Gasteiger partial charge in [-0.3, -0.25) is 14.9 Å². The molecule has 0 saturated carbocycles. The minimum absolute atomic E-state index is 0.280. The van der Waals surface area contributed by atoms with Crippen LogP contribution in [0.3, 0.4) is 0 Å². The van der Waals surface area contributed by atoms with E-state index in [2.05, 4.69) is 27.4 Å². The Morgan fingerprint density at radius 2 is 2.39 bits per heavy atom.